The van der Waals surface area contributed by atoms with E-state index >= 15 is 4.39 Å². The number of aryl methyl sites for hydroxylation is 1. The molecule has 0 spiro atoms. The van der Waals surface area contributed by atoms with Gasteiger partial charge in [0.25, 0.3) is 0 Å². The lowest BCUT2D eigenvalue weighted by Crippen LogP contribution is -2.19. The molecule has 0 aliphatic heterocycles. The van der Waals surface area contributed by atoms with E-state index < -0.39 is 38.7 Å². The van der Waals surface area contributed by atoms with E-state index in [1.165, 1.54) is 6.20 Å². The molecule has 9 nitrogen and oxygen atoms in total. The molecular weight excluding hydrogens is 492 g/mol. The number of nitrogens with one attached hydrogen (secondary N) is 2. The number of H-pyrrole nitrogens is 1. The highest BCUT2D eigenvalue weighted by molar-refractivity contribution is 7.92. The second kappa shape index (κ2) is 10.5. The van der Waals surface area contributed by atoms with Gasteiger partial charge in [-0.05, 0) is 31.0 Å². The number of benzene rings is 1. The molecule has 0 radical (unpaired) electrons. The Kier molecular flexibility index (Phi) is 7.36. The molecule has 0 bridgehead atoms. The van der Waals surface area contributed by atoms with E-state index in [0.29, 0.717) is 40.8 Å². The van der Waals surface area contributed by atoms with Gasteiger partial charge in [0.1, 0.15) is 23.0 Å². The predicted octanol–water partition coefficient (Wildman–Crippen LogP) is 3.61. The number of aliphatic hydroxyl groups is 1. The number of aromatic amines is 1. The van der Waals surface area contributed by atoms with Crippen molar-refractivity contribution < 1.29 is 27.1 Å². The number of hydrogen-bond donors (Lipinski definition) is 3. The lowest BCUT2D eigenvalue weighted by Gasteiger charge is -2.11. The van der Waals surface area contributed by atoms with E-state index in [-0.39, 0.29) is 24.3 Å². The van der Waals surface area contributed by atoms with E-state index in [2.05, 4.69) is 19.9 Å². The molecule has 0 aliphatic rings. The number of nitrogens with zero attached hydrogens (tertiary/aromatic N) is 3. The quantitative estimate of drug-likeness (QED) is 0.274. The Morgan fingerprint density at radius 3 is 2.50 bits per heavy atom. The van der Waals surface area contributed by atoms with Gasteiger partial charge in [-0.15, -0.1) is 0 Å². The number of aromatic nitrogens is 4. The normalized spacial score (nSPS) is 11.7. The molecular formula is C24H23F2N5O4S. The van der Waals surface area contributed by atoms with Gasteiger partial charge in [-0.2, -0.15) is 0 Å². The van der Waals surface area contributed by atoms with Crippen LogP contribution in [0.15, 0.2) is 43.0 Å². The van der Waals surface area contributed by atoms with Gasteiger partial charge in [-0.25, -0.2) is 32.2 Å². The van der Waals surface area contributed by atoms with Crippen LogP contribution in [0.4, 0.5) is 14.5 Å². The third-order valence-corrected chi connectivity index (χ3v) is 6.90. The topological polar surface area (TPSA) is 138 Å². The van der Waals surface area contributed by atoms with Crippen LogP contribution in [-0.2, 0) is 16.4 Å². The lowest BCUT2D eigenvalue weighted by molar-refractivity contribution is 0.103. The molecule has 0 saturated carbocycles. The second-order valence-corrected chi connectivity index (χ2v) is 9.91. The summed E-state index contributed by atoms with van der Waals surface area (Å²) in [5, 5.41) is 9.33. The van der Waals surface area contributed by atoms with Crippen LogP contribution in [0.5, 0.6) is 0 Å². The van der Waals surface area contributed by atoms with Crippen LogP contribution in [0.1, 0.15) is 41.5 Å². The summed E-state index contributed by atoms with van der Waals surface area (Å²) in [5.74, 6) is -2.95. The van der Waals surface area contributed by atoms with Crippen molar-refractivity contribution in [1.29, 1.82) is 0 Å². The van der Waals surface area contributed by atoms with E-state index in [1.54, 1.807) is 31.6 Å². The molecule has 4 rings (SSSR count). The number of fused-ring (bicyclic) bond motifs is 1. The minimum absolute atomic E-state index is 0.0384. The van der Waals surface area contributed by atoms with E-state index in [9.17, 15) is 17.6 Å². The van der Waals surface area contributed by atoms with Gasteiger partial charge in [0.05, 0.1) is 11.3 Å². The van der Waals surface area contributed by atoms with E-state index in [0.717, 1.165) is 12.1 Å². The summed E-state index contributed by atoms with van der Waals surface area (Å²) < 4.78 is 55.5. The number of pyridine rings is 1. The van der Waals surface area contributed by atoms with Crippen molar-refractivity contribution in [1.82, 2.24) is 19.9 Å². The first-order valence-corrected chi connectivity index (χ1v) is 12.8. The maximum Gasteiger partial charge on any atom is 0.232 e. The van der Waals surface area contributed by atoms with Crippen LogP contribution < -0.4 is 4.72 Å². The molecule has 0 fully saturated rings. The number of carbonyl (C=O) groups excluding carboxylic acids is 1. The highest BCUT2D eigenvalue weighted by Gasteiger charge is 2.25. The van der Waals surface area contributed by atoms with Crippen LogP contribution in [0.3, 0.4) is 0 Å². The van der Waals surface area contributed by atoms with Crippen molar-refractivity contribution in [3.8, 4) is 11.1 Å². The molecule has 3 aromatic heterocycles. The number of anilines is 1. The van der Waals surface area contributed by atoms with Crippen molar-refractivity contribution in [2.45, 2.75) is 26.2 Å². The lowest BCUT2D eigenvalue weighted by atomic mass is 10.0. The van der Waals surface area contributed by atoms with Gasteiger partial charge < -0.3 is 10.1 Å². The summed E-state index contributed by atoms with van der Waals surface area (Å²) in [7, 11) is -3.99. The third kappa shape index (κ3) is 5.24. The minimum Gasteiger partial charge on any atom is -0.396 e. The predicted molar refractivity (Wildman–Crippen MR) is 130 cm³/mol. The van der Waals surface area contributed by atoms with Gasteiger partial charge >= 0.3 is 0 Å². The highest BCUT2D eigenvalue weighted by Crippen LogP contribution is 2.29. The summed E-state index contributed by atoms with van der Waals surface area (Å²) in [6.07, 6.45) is 7.46. The van der Waals surface area contributed by atoms with Crippen molar-refractivity contribution >= 4 is 32.5 Å². The van der Waals surface area contributed by atoms with Gasteiger partial charge in [-0.1, -0.05) is 6.92 Å². The SMILES string of the molecule is CCCS(=O)(=O)Nc1c(F)ccc(C(=O)c2c[nH]c3ncc(-c4cnc(CCCO)nc4)cc23)c1F. The number of rotatable bonds is 10. The second-order valence-electron chi connectivity index (χ2n) is 8.07. The number of hydrogen-bond acceptors (Lipinski definition) is 7. The van der Waals surface area contributed by atoms with Crippen LogP contribution in [0, 0.1) is 11.6 Å². The number of halogens is 2. The molecule has 3 N–H and O–H groups in total. The number of sulfonamides is 1. The average molecular weight is 516 g/mol. The zero-order valence-electron chi connectivity index (χ0n) is 19.3. The number of aliphatic hydroxyl groups excluding tert-OH is 1. The largest absolute Gasteiger partial charge is 0.396 e. The summed E-state index contributed by atoms with van der Waals surface area (Å²) >= 11 is 0. The Labute approximate surface area is 205 Å². The Balaban J connectivity index is 1.70. The Morgan fingerprint density at radius 2 is 1.81 bits per heavy atom. The number of carbonyl (C=O) groups is 1. The fourth-order valence-electron chi connectivity index (χ4n) is 3.66. The van der Waals surface area contributed by atoms with Crippen LogP contribution in [0.25, 0.3) is 22.2 Å². The molecule has 0 unspecified atom stereocenters. The monoisotopic (exact) mass is 515 g/mol. The summed E-state index contributed by atoms with van der Waals surface area (Å²) in [6, 6.07) is 3.48. The zero-order valence-corrected chi connectivity index (χ0v) is 20.1. The molecule has 12 heteroatoms. The van der Waals surface area contributed by atoms with Gasteiger partial charge in [0.15, 0.2) is 11.6 Å². The molecule has 4 aromatic rings. The molecule has 188 valence electrons. The van der Waals surface area contributed by atoms with Crippen molar-refractivity contribution in [2.24, 2.45) is 0 Å². The minimum atomic E-state index is -3.99. The first-order valence-electron chi connectivity index (χ1n) is 11.2. The van der Waals surface area contributed by atoms with Crippen molar-refractivity contribution in [3.05, 3.63) is 71.6 Å². The summed E-state index contributed by atoms with van der Waals surface area (Å²) in [5.41, 5.74) is 0.302. The standard InChI is InChI=1S/C24H23F2N5O4S/c1-2-8-36(34,35)31-22-19(25)6-5-16(21(22)26)23(33)18-13-30-24-17(18)9-14(10-29-24)15-11-27-20(28-12-15)4-3-7-32/h5-6,9-13,31-32H,2-4,7-8H2,1H3,(H,29,30). The molecule has 36 heavy (non-hydrogen) atoms. The van der Waals surface area contributed by atoms with Crippen molar-refractivity contribution in [2.75, 3.05) is 17.1 Å². The average Bonchev–Trinajstić information content (AvgIpc) is 3.28. The Morgan fingerprint density at radius 1 is 1.08 bits per heavy atom. The fourth-order valence-corrected chi connectivity index (χ4v) is 4.80. The first-order chi connectivity index (χ1) is 17.2. The van der Waals surface area contributed by atoms with E-state index in [4.69, 9.17) is 5.11 Å². The maximum absolute atomic E-state index is 15.2. The smallest absolute Gasteiger partial charge is 0.232 e. The zero-order chi connectivity index (χ0) is 25.9. The summed E-state index contributed by atoms with van der Waals surface area (Å²) in [6.45, 7) is 1.65. The van der Waals surface area contributed by atoms with Gasteiger partial charge in [0.2, 0.25) is 10.0 Å². The fraction of sp³-hybridized carbons (Fsp3) is 0.250. The number of ketones is 1. The maximum atomic E-state index is 15.2. The highest BCUT2D eigenvalue weighted by atomic mass is 32.2. The van der Waals surface area contributed by atoms with Gasteiger partial charge in [-0.3, -0.25) is 9.52 Å². The Hall–Kier alpha value is -3.77. The summed E-state index contributed by atoms with van der Waals surface area (Å²) in [4.78, 5) is 29.0. The third-order valence-electron chi connectivity index (χ3n) is 5.44. The molecule has 3 heterocycles. The molecule has 1 aromatic carbocycles. The van der Waals surface area contributed by atoms with Crippen LogP contribution in [0.2, 0.25) is 0 Å². The Bertz CT molecular complexity index is 1520. The van der Waals surface area contributed by atoms with Crippen molar-refractivity contribution in [3.63, 3.8) is 0 Å². The van der Waals surface area contributed by atoms with Crippen LogP contribution >= 0.6 is 0 Å². The van der Waals surface area contributed by atoms with Crippen LogP contribution in [-0.4, -0.2) is 51.6 Å². The van der Waals surface area contributed by atoms with Gasteiger partial charge in [0, 0.05) is 59.9 Å². The van der Waals surface area contributed by atoms with E-state index in [1.807, 2.05) is 4.72 Å². The first kappa shape index (κ1) is 25.3. The molecule has 0 atom stereocenters. The molecule has 0 aliphatic carbocycles. The molecule has 0 amide bonds. The molecule has 0 saturated heterocycles.